The fourth-order valence-corrected chi connectivity index (χ4v) is 2.08. The van der Waals surface area contributed by atoms with Crippen LogP contribution in [0, 0.1) is 0 Å². The van der Waals surface area contributed by atoms with Gasteiger partial charge in [0.15, 0.2) is 0 Å². The minimum Gasteiger partial charge on any atom is -0.464 e. The van der Waals surface area contributed by atoms with Gasteiger partial charge in [-0.2, -0.15) is 0 Å². The lowest BCUT2D eigenvalue weighted by Crippen LogP contribution is -2.28. The fraction of sp³-hybridized carbons (Fsp3) is 0.636. The lowest BCUT2D eigenvalue weighted by Gasteiger charge is -2.25. The number of rotatable bonds is 3. The van der Waals surface area contributed by atoms with Crippen LogP contribution in [-0.2, 0) is 12.3 Å². The molecule has 0 N–H and O–H groups in total. The SMILES string of the molecule is [S]Cc1ccc(CN2CCCCC2)o1. The van der Waals surface area contributed by atoms with Crippen LogP contribution in [0.15, 0.2) is 16.5 Å². The number of hydrogen-bond donors (Lipinski definition) is 0. The molecule has 1 aliphatic rings. The monoisotopic (exact) mass is 210 g/mol. The van der Waals surface area contributed by atoms with Crippen molar-refractivity contribution in [2.45, 2.75) is 31.6 Å². The van der Waals surface area contributed by atoms with Crippen LogP contribution < -0.4 is 0 Å². The molecule has 1 radical (unpaired) electrons. The molecule has 1 aromatic rings. The zero-order chi connectivity index (χ0) is 9.80. The maximum absolute atomic E-state index is 5.59. The van der Waals surface area contributed by atoms with Gasteiger partial charge in [-0.25, -0.2) is 0 Å². The summed E-state index contributed by atoms with van der Waals surface area (Å²) in [4.78, 5) is 2.45. The zero-order valence-corrected chi connectivity index (χ0v) is 9.18. The zero-order valence-electron chi connectivity index (χ0n) is 8.37. The van der Waals surface area contributed by atoms with E-state index in [2.05, 4.69) is 11.0 Å². The van der Waals surface area contributed by atoms with Crippen molar-refractivity contribution >= 4 is 12.6 Å². The van der Waals surface area contributed by atoms with Crippen molar-refractivity contribution in [3.63, 3.8) is 0 Å². The van der Waals surface area contributed by atoms with Crippen LogP contribution >= 0.6 is 12.6 Å². The van der Waals surface area contributed by atoms with Crippen LogP contribution in [0.2, 0.25) is 0 Å². The highest BCUT2D eigenvalue weighted by Gasteiger charge is 2.12. The molecule has 2 rings (SSSR count). The smallest absolute Gasteiger partial charge is 0.118 e. The van der Waals surface area contributed by atoms with Crippen molar-refractivity contribution in [1.29, 1.82) is 0 Å². The maximum Gasteiger partial charge on any atom is 0.118 e. The van der Waals surface area contributed by atoms with E-state index in [9.17, 15) is 0 Å². The fourth-order valence-electron chi connectivity index (χ4n) is 1.92. The van der Waals surface area contributed by atoms with E-state index < -0.39 is 0 Å². The predicted octanol–water partition coefficient (Wildman–Crippen LogP) is 2.96. The van der Waals surface area contributed by atoms with E-state index in [1.54, 1.807) is 0 Å². The molecule has 2 nitrogen and oxygen atoms in total. The van der Waals surface area contributed by atoms with Gasteiger partial charge in [0.2, 0.25) is 0 Å². The van der Waals surface area contributed by atoms with Gasteiger partial charge in [0.1, 0.15) is 11.5 Å². The van der Waals surface area contributed by atoms with Crippen molar-refractivity contribution in [3.05, 3.63) is 23.7 Å². The number of piperidine rings is 1. The first-order chi connectivity index (χ1) is 6.88. The molecule has 0 amide bonds. The van der Waals surface area contributed by atoms with Gasteiger partial charge in [0, 0.05) is 0 Å². The molecule has 1 aromatic heterocycles. The lowest BCUT2D eigenvalue weighted by atomic mass is 10.1. The molecule has 0 spiro atoms. The van der Waals surface area contributed by atoms with Crippen LogP contribution in [0.25, 0.3) is 0 Å². The molecule has 2 heterocycles. The van der Waals surface area contributed by atoms with Crippen LogP contribution in [-0.4, -0.2) is 18.0 Å². The number of likely N-dealkylation sites (tertiary alicyclic amines) is 1. The van der Waals surface area contributed by atoms with E-state index in [1.807, 2.05) is 6.07 Å². The molecule has 0 atom stereocenters. The Morgan fingerprint density at radius 1 is 1.14 bits per heavy atom. The minimum atomic E-state index is 0.583. The average Bonchev–Trinajstić information content (AvgIpc) is 2.67. The Labute approximate surface area is 90.7 Å². The van der Waals surface area contributed by atoms with Crippen molar-refractivity contribution in [1.82, 2.24) is 4.90 Å². The molecule has 77 valence electrons. The molecule has 0 bridgehead atoms. The third-order valence-corrected chi connectivity index (χ3v) is 2.97. The quantitative estimate of drug-likeness (QED) is 0.762. The van der Waals surface area contributed by atoms with Gasteiger partial charge in [-0.05, 0) is 38.1 Å². The Morgan fingerprint density at radius 3 is 2.50 bits per heavy atom. The molecule has 1 aliphatic heterocycles. The Hall–Kier alpha value is -0.410. The molecule has 0 aliphatic carbocycles. The second-order valence-electron chi connectivity index (χ2n) is 3.85. The Bertz CT molecular complexity index is 279. The average molecular weight is 210 g/mol. The van der Waals surface area contributed by atoms with E-state index >= 15 is 0 Å². The topological polar surface area (TPSA) is 16.4 Å². The van der Waals surface area contributed by atoms with Gasteiger partial charge in [-0.15, -0.1) is 0 Å². The van der Waals surface area contributed by atoms with Gasteiger partial charge in [0.05, 0.1) is 12.3 Å². The summed E-state index contributed by atoms with van der Waals surface area (Å²) in [7, 11) is 0. The Balaban J connectivity index is 1.89. The third kappa shape index (κ3) is 2.55. The highest BCUT2D eigenvalue weighted by molar-refractivity contribution is 7.79. The summed E-state index contributed by atoms with van der Waals surface area (Å²) in [5, 5.41) is 0. The molecular weight excluding hydrogens is 194 g/mol. The molecule has 3 heteroatoms. The largest absolute Gasteiger partial charge is 0.464 e. The van der Waals surface area contributed by atoms with Crippen molar-refractivity contribution in [2.24, 2.45) is 0 Å². The van der Waals surface area contributed by atoms with Crippen LogP contribution in [0.5, 0.6) is 0 Å². The molecule has 0 aromatic carbocycles. The van der Waals surface area contributed by atoms with Crippen molar-refractivity contribution in [2.75, 3.05) is 13.1 Å². The standard InChI is InChI=1S/C11H16NOS/c14-9-11-5-4-10(13-11)8-12-6-2-1-3-7-12/h4-5H,1-3,6-9H2. The number of furan rings is 1. The summed E-state index contributed by atoms with van der Waals surface area (Å²) in [6.45, 7) is 3.38. The van der Waals surface area contributed by atoms with Gasteiger partial charge in [0.25, 0.3) is 0 Å². The highest BCUT2D eigenvalue weighted by atomic mass is 32.1. The van der Waals surface area contributed by atoms with E-state index in [0.717, 1.165) is 18.1 Å². The third-order valence-electron chi connectivity index (χ3n) is 2.69. The number of hydrogen-bond acceptors (Lipinski definition) is 2. The van der Waals surface area contributed by atoms with Crippen LogP contribution in [0.4, 0.5) is 0 Å². The van der Waals surface area contributed by atoms with E-state index in [1.165, 1.54) is 32.4 Å². The Morgan fingerprint density at radius 2 is 1.86 bits per heavy atom. The number of nitrogens with zero attached hydrogens (tertiary/aromatic N) is 1. The van der Waals surface area contributed by atoms with Gasteiger partial charge >= 0.3 is 0 Å². The summed E-state index contributed by atoms with van der Waals surface area (Å²) in [6.07, 6.45) is 4.04. The van der Waals surface area contributed by atoms with Crippen molar-refractivity contribution < 1.29 is 4.42 Å². The van der Waals surface area contributed by atoms with Crippen LogP contribution in [0.3, 0.4) is 0 Å². The summed E-state index contributed by atoms with van der Waals surface area (Å²) in [5.74, 6) is 2.57. The van der Waals surface area contributed by atoms with Crippen molar-refractivity contribution in [3.8, 4) is 0 Å². The van der Waals surface area contributed by atoms with Gasteiger partial charge in [-0.1, -0.05) is 19.0 Å². The second-order valence-corrected chi connectivity index (χ2v) is 4.14. The van der Waals surface area contributed by atoms with E-state index in [4.69, 9.17) is 17.0 Å². The molecule has 0 saturated carbocycles. The summed E-state index contributed by atoms with van der Waals surface area (Å²) in [5.41, 5.74) is 0. The molecule has 1 fully saturated rings. The normalized spacial score (nSPS) is 18.6. The molecular formula is C11H16NOS. The molecule has 14 heavy (non-hydrogen) atoms. The first-order valence-electron chi connectivity index (χ1n) is 5.26. The predicted molar refractivity (Wildman–Crippen MR) is 59.1 cm³/mol. The first kappa shape index (κ1) is 10.1. The summed E-state index contributed by atoms with van der Waals surface area (Å²) < 4.78 is 5.59. The molecule has 1 saturated heterocycles. The van der Waals surface area contributed by atoms with Gasteiger partial charge < -0.3 is 4.42 Å². The summed E-state index contributed by atoms with van der Waals surface area (Å²) >= 11 is 4.93. The molecule has 0 unspecified atom stereocenters. The summed E-state index contributed by atoms with van der Waals surface area (Å²) in [6, 6.07) is 4.04. The first-order valence-corrected chi connectivity index (χ1v) is 5.84. The van der Waals surface area contributed by atoms with Gasteiger partial charge in [-0.3, -0.25) is 4.90 Å². The second kappa shape index (κ2) is 4.89. The highest BCUT2D eigenvalue weighted by Crippen LogP contribution is 2.15. The van der Waals surface area contributed by atoms with E-state index in [0.29, 0.717) is 5.75 Å². The van der Waals surface area contributed by atoms with Crippen LogP contribution in [0.1, 0.15) is 30.8 Å². The maximum atomic E-state index is 5.59. The minimum absolute atomic E-state index is 0.583. The van der Waals surface area contributed by atoms with E-state index in [-0.39, 0.29) is 0 Å². The lowest BCUT2D eigenvalue weighted by molar-refractivity contribution is 0.204. The Kier molecular flexibility index (Phi) is 3.54.